The van der Waals surface area contributed by atoms with Gasteiger partial charge in [0.2, 0.25) is 0 Å². The van der Waals surface area contributed by atoms with Crippen molar-refractivity contribution in [2.45, 2.75) is 258 Å². The number of aliphatic hydroxyl groups excluding tert-OH is 2. The minimum Gasteiger partial charge on any atom is -0.465 e. The topological polar surface area (TPSA) is 115 Å². The van der Waals surface area contributed by atoms with Gasteiger partial charge in [0.25, 0.3) is 0 Å². The van der Waals surface area contributed by atoms with Crippen molar-refractivity contribution in [3.63, 3.8) is 0 Å². The van der Waals surface area contributed by atoms with Gasteiger partial charge in [-0.25, -0.2) is 0 Å². The first-order chi connectivity index (χ1) is 27.7. The largest absolute Gasteiger partial charge is 0.465 e. The van der Waals surface area contributed by atoms with E-state index in [9.17, 15) is 19.8 Å². The lowest BCUT2D eigenvalue weighted by Crippen LogP contribution is -2.36. The van der Waals surface area contributed by atoms with Crippen LogP contribution in [0.5, 0.6) is 0 Å². The van der Waals surface area contributed by atoms with E-state index in [-0.39, 0.29) is 30.6 Å². The molecule has 9 nitrogen and oxygen atoms in total. The van der Waals surface area contributed by atoms with Crippen LogP contribution in [0.25, 0.3) is 0 Å². The molecule has 0 rings (SSSR count). The van der Waals surface area contributed by atoms with Gasteiger partial charge in [0.05, 0.1) is 25.2 Å². The van der Waals surface area contributed by atoms with E-state index in [0.717, 1.165) is 70.6 Å². The second-order valence-electron chi connectivity index (χ2n) is 17.1. The van der Waals surface area contributed by atoms with E-state index in [0.29, 0.717) is 45.3 Å². The molecule has 0 aromatic heterocycles. The molecule has 0 spiro atoms. The molecule has 0 saturated heterocycles. The maximum atomic E-state index is 12.9. The lowest BCUT2D eigenvalue weighted by Gasteiger charge is -2.25. The summed E-state index contributed by atoms with van der Waals surface area (Å²) in [6.07, 6.45) is 30.6. The fourth-order valence-corrected chi connectivity index (χ4v) is 7.44. The van der Waals surface area contributed by atoms with Gasteiger partial charge in [-0.3, -0.25) is 9.59 Å². The molecule has 0 saturated carbocycles. The summed E-state index contributed by atoms with van der Waals surface area (Å²) in [5.41, 5.74) is 0. The molecule has 5 unspecified atom stereocenters. The van der Waals surface area contributed by atoms with E-state index in [1.807, 2.05) is 19.0 Å². The van der Waals surface area contributed by atoms with Crippen molar-refractivity contribution in [2.75, 3.05) is 33.9 Å². The van der Waals surface area contributed by atoms with Crippen LogP contribution in [-0.4, -0.2) is 85.7 Å². The average Bonchev–Trinajstić information content (AvgIpc) is 3.18. The molecule has 0 heterocycles. The molecule has 0 bridgehead atoms. The number of carbonyl (C=O) groups excluding carboxylic acids is 2. The Kier molecular flexibility index (Phi) is 40.6. The first kappa shape index (κ1) is 55.7. The van der Waals surface area contributed by atoms with Crippen LogP contribution in [0.15, 0.2) is 0 Å². The number of likely N-dealkylation sites (N-methyl/N-ethyl adjacent to an activating group) is 1. The first-order valence-electron chi connectivity index (χ1n) is 24.3. The monoisotopic (exact) mass is 814 g/mol. The van der Waals surface area contributed by atoms with Gasteiger partial charge >= 0.3 is 11.9 Å². The fourth-order valence-electron chi connectivity index (χ4n) is 7.44. The summed E-state index contributed by atoms with van der Waals surface area (Å²) >= 11 is 0. The Bertz CT molecular complexity index is 873. The van der Waals surface area contributed by atoms with E-state index < -0.39 is 18.7 Å². The second-order valence-corrected chi connectivity index (χ2v) is 17.1. The van der Waals surface area contributed by atoms with E-state index in [1.54, 1.807) is 0 Å². The van der Waals surface area contributed by atoms with Gasteiger partial charge in [0.1, 0.15) is 6.10 Å². The number of ether oxygens (including phenoxy) is 4. The van der Waals surface area contributed by atoms with Crippen molar-refractivity contribution < 1.29 is 38.7 Å². The molecule has 0 aliphatic carbocycles. The molecule has 9 heteroatoms. The molecule has 0 aliphatic heterocycles. The molecule has 57 heavy (non-hydrogen) atoms. The number of hydrogen-bond donors (Lipinski definition) is 2. The number of rotatable bonds is 44. The predicted molar refractivity (Wildman–Crippen MR) is 236 cm³/mol. The molecule has 2 N–H and O–H groups in total. The van der Waals surface area contributed by atoms with Gasteiger partial charge in [-0.15, -0.1) is 0 Å². The van der Waals surface area contributed by atoms with Crippen LogP contribution in [0, 0.1) is 5.92 Å². The minimum absolute atomic E-state index is 0.0171. The number of hydrogen-bond acceptors (Lipinski definition) is 9. The molecule has 0 aromatic rings. The lowest BCUT2D eigenvalue weighted by molar-refractivity contribution is -0.186. The third-order valence-electron chi connectivity index (χ3n) is 11.0. The van der Waals surface area contributed by atoms with Gasteiger partial charge in [0.15, 0.2) is 12.6 Å². The molecule has 0 fully saturated rings. The predicted octanol–water partition coefficient (Wildman–Crippen LogP) is 12.2. The van der Waals surface area contributed by atoms with Gasteiger partial charge < -0.3 is 34.1 Å². The fraction of sp³-hybridized carbons (Fsp3) is 0.958. The quantitative estimate of drug-likeness (QED) is 0.0352. The minimum atomic E-state index is -0.977. The zero-order valence-electron chi connectivity index (χ0n) is 38.4. The molecule has 5 atom stereocenters. The van der Waals surface area contributed by atoms with Gasteiger partial charge in [-0.1, -0.05) is 143 Å². The normalized spacial score (nSPS) is 14.4. The Balaban J connectivity index is 4.45. The zero-order valence-corrected chi connectivity index (χ0v) is 38.4. The maximum absolute atomic E-state index is 12.9. The number of nitrogens with zero attached hydrogens (tertiary/aromatic N) is 1. The Hall–Kier alpha value is -1.26. The average molecular weight is 814 g/mol. The van der Waals surface area contributed by atoms with Crippen molar-refractivity contribution in [1.82, 2.24) is 4.90 Å². The summed E-state index contributed by atoms with van der Waals surface area (Å²) in [6.45, 7) is 10.0. The Morgan fingerprint density at radius 1 is 0.509 bits per heavy atom. The molecular formula is C48H95NO8. The van der Waals surface area contributed by atoms with Crippen molar-refractivity contribution >= 4 is 11.9 Å². The summed E-state index contributed by atoms with van der Waals surface area (Å²) < 4.78 is 23.3. The highest BCUT2D eigenvalue weighted by atomic mass is 16.6. The van der Waals surface area contributed by atoms with Crippen LogP contribution in [0.3, 0.4) is 0 Å². The van der Waals surface area contributed by atoms with E-state index in [4.69, 9.17) is 18.9 Å². The second kappa shape index (κ2) is 41.5. The third-order valence-corrected chi connectivity index (χ3v) is 11.0. The number of aliphatic hydroxyl groups is 2. The number of esters is 2. The van der Waals surface area contributed by atoms with Crippen molar-refractivity contribution in [2.24, 2.45) is 5.92 Å². The van der Waals surface area contributed by atoms with Gasteiger partial charge in [0, 0.05) is 13.0 Å². The number of unbranched alkanes of at least 4 members (excludes halogenated alkanes) is 19. The number of carbonyl (C=O) groups is 2. The molecule has 0 aromatic carbocycles. The lowest BCUT2D eigenvalue weighted by atomic mass is 9.94. The highest BCUT2D eigenvalue weighted by molar-refractivity contribution is 5.72. The summed E-state index contributed by atoms with van der Waals surface area (Å²) in [7, 11) is 3.87. The first-order valence-corrected chi connectivity index (χ1v) is 24.3. The SMILES string of the molecule is CCCCCCCCC(CCCCCC)OC(=O)CCCCC(O)OC(COC(O)CCCCCOC(=O)C(CCCCCC)CCCCCCCC)CN(C)C. The molecule has 0 amide bonds. The molecule has 0 radical (unpaired) electrons. The Labute approximate surface area is 352 Å². The van der Waals surface area contributed by atoms with Crippen molar-refractivity contribution in [1.29, 1.82) is 0 Å². The van der Waals surface area contributed by atoms with Crippen LogP contribution in [0.4, 0.5) is 0 Å². The van der Waals surface area contributed by atoms with Crippen molar-refractivity contribution in [3.05, 3.63) is 0 Å². The molecule has 0 aliphatic rings. The van der Waals surface area contributed by atoms with Crippen LogP contribution >= 0.6 is 0 Å². The van der Waals surface area contributed by atoms with Crippen LogP contribution < -0.4 is 0 Å². The maximum Gasteiger partial charge on any atom is 0.308 e. The molecular weight excluding hydrogens is 719 g/mol. The Morgan fingerprint density at radius 3 is 1.49 bits per heavy atom. The van der Waals surface area contributed by atoms with Crippen LogP contribution in [-0.2, 0) is 28.5 Å². The van der Waals surface area contributed by atoms with Gasteiger partial charge in [-0.05, 0) is 97.6 Å². The summed E-state index contributed by atoms with van der Waals surface area (Å²) in [4.78, 5) is 27.6. The zero-order chi connectivity index (χ0) is 42.2. The van der Waals surface area contributed by atoms with Crippen LogP contribution in [0.2, 0.25) is 0 Å². The van der Waals surface area contributed by atoms with E-state index >= 15 is 0 Å². The van der Waals surface area contributed by atoms with Crippen molar-refractivity contribution in [3.8, 4) is 0 Å². The van der Waals surface area contributed by atoms with Gasteiger partial charge in [-0.2, -0.15) is 0 Å². The standard InChI is InChI=1S/C48H95NO8/c1-7-11-15-19-21-25-33-42(32-24-17-13-9-3)48(53)54-39-31-23-28-36-45(50)55-41-44(40-49(5)6)57-47(52)38-30-29-37-46(51)56-43(34-26-18-14-10-4)35-27-22-20-16-12-8-2/h42-45,47,50,52H,7-41H2,1-6H3. The summed E-state index contributed by atoms with van der Waals surface area (Å²) in [5, 5.41) is 21.2. The van der Waals surface area contributed by atoms with E-state index in [2.05, 4.69) is 27.7 Å². The highest BCUT2D eigenvalue weighted by Gasteiger charge is 2.21. The van der Waals surface area contributed by atoms with E-state index in [1.165, 1.54) is 103 Å². The highest BCUT2D eigenvalue weighted by Crippen LogP contribution is 2.22. The smallest absolute Gasteiger partial charge is 0.308 e. The molecule has 340 valence electrons. The van der Waals surface area contributed by atoms with Crippen LogP contribution in [0.1, 0.15) is 233 Å². The summed E-state index contributed by atoms with van der Waals surface area (Å²) in [5.74, 6) is -0.146. The third kappa shape index (κ3) is 37.5. The summed E-state index contributed by atoms with van der Waals surface area (Å²) in [6, 6.07) is 0. The Morgan fingerprint density at radius 2 is 0.947 bits per heavy atom.